The summed E-state index contributed by atoms with van der Waals surface area (Å²) < 4.78 is 0.754. The number of aryl methyl sites for hydroxylation is 1. The van der Waals surface area contributed by atoms with Gasteiger partial charge in [-0.1, -0.05) is 15.9 Å². The van der Waals surface area contributed by atoms with Crippen LogP contribution in [0.4, 0.5) is 0 Å². The Morgan fingerprint density at radius 2 is 2.25 bits per heavy atom. The lowest BCUT2D eigenvalue weighted by Crippen LogP contribution is -2.30. The molecule has 20 heavy (non-hydrogen) atoms. The molecule has 3 nitrogen and oxygen atoms in total. The van der Waals surface area contributed by atoms with Gasteiger partial charge in [0.05, 0.1) is 11.6 Å². The number of hydrogen-bond donors (Lipinski definition) is 2. The van der Waals surface area contributed by atoms with E-state index in [1.807, 2.05) is 0 Å². The topological polar surface area (TPSA) is 49.3 Å². The number of phenols is 1. The van der Waals surface area contributed by atoms with Gasteiger partial charge in [-0.05, 0) is 54.5 Å². The van der Waals surface area contributed by atoms with Crippen molar-refractivity contribution in [2.45, 2.75) is 25.3 Å². The standard InChI is InChI=1S/C15H14BrNO2S/c16-9-4-5-11(13(18)8-9)15(19)17-12-2-1-3-14-10(12)6-7-20-14/h4-8,12,18H,1-3H2,(H,17,19). The molecule has 1 unspecified atom stereocenters. The van der Waals surface area contributed by atoms with Crippen molar-refractivity contribution in [3.05, 3.63) is 50.1 Å². The van der Waals surface area contributed by atoms with Gasteiger partial charge in [0.2, 0.25) is 0 Å². The van der Waals surface area contributed by atoms with Crippen LogP contribution in [0.5, 0.6) is 5.75 Å². The third-order valence-electron chi connectivity index (χ3n) is 3.56. The molecule has 1 aliphatic rings. The highest BCUT2D eigenvalue weighted by molar-refractivity contribution is 9.10. The molecule has 3 rings (SSSR count). The zero-order valence-corrected chi connectivity index (χ0v) is 13.1. The van der Waals surface area contributed by atoms with Crippen LogP contribution >= 0.6 is 27.3 Å². The zero-order valence-electron chi connectivity index (χ0n) is 10.7. The largest absolute Gasteiger partial charge is 0.507 e. The highest BCUT2D eigenvalue weighted by Crippen LogP contribution is 2.33. The minimum Gasteiger partial charge on any atom is -0.507 e. The highest BCUT2D eigenvalue weighted by atomic mass is 79.9. The number of carbonyl (C=O) groups excluding carboxylic acids is 1. The highest BCUT2D eigenvalue weighted by Gasteiger charge is 2.24. The first-order chi connectivity index (χ1) is 9.65. The molecule has 0 bridgehead atoms. The van der Waals surface area contributed by atoms with E-state index in [2.05, 4.69) is 32.7 Å². The van der Waals surface area contributed by atoms with Gasteiger partial charge >= 0.3 is 0 Å². The lowest BCUT2D eigenvalue weighted by molar-refractivity contribution is 0.0930. The SMILES string of the molecule is O=C(NC1CCCc2sccc21)c1ccc(Br)cc1O. The maximum absolute atomic E-state index is 12.3. The van der Waals surface area contributed by atoms with E-state index in [4.69, 9.17) is 0 Å². The molecule has 0 fully saturated rings. The Morgan fingerprint density at radius 3 is 3.05 bits per heavy atom. The van der Waals surface area contributed by atoms with E-state index >= 15 is 0 Å². The second kappa shape index (κ2) is 5.58. The molecule has 1 aromatic carbocycles. The number of nitrogens with one attached hydrogen (secondary N) is 1. The van der Waals surface area contributed by atoms with Gasteiger partial charge in [-0.25, -0.2) is 0 Å². The maximum atomic E-state index is 12.3. The van der Waals surface area contributed by atoms with Gasteiger partial charge in [-0.15, -0.1) is 11.3 Å². The summed E-state index contributed by atoms with van der Waals surface area (Å²) in [7, 11) is 0. The summed E-state index contributed by atoms with van der Waals surface area (Å²) in [4.78, 5) is 13.7. The molecule has 1 heterocycles. The van der Waals surface area contributed by atoms with Gasteiger partial charge in [0, 0.05) is 9.35 Å². The van der Waals surface area contributed by atoms with Crippen molar-refractivity contribution in [3.63, 3.8) is 0 Å². The van der Waals surface area contributed by atoms with Crippen LogP contribution in [0.25, 0.3) is 0 Å². The van der Waals surface area contributed by atoms with E-state index in [1.54, 1.807) is 23.5 Å². The predicted molar refractivity (Wildman–Crippen MR) is 83.3 cm³/mol. The average molecular weight is 352 g/mol. The number of thiophene rings is 1. The fourth-order valence-electron chi connectivity index (χ4n) is 2.57. The number of aromatic hydroxyl groups is 1. The van der Waals surface area contributed by atoms with E-state index in [0.717, 1.165) is 23.7 Å². The summed E-state index contributed by atoms with van der Waals surface area (Å²) in [5.41, 5.74) is 1.54. The van der Waals surface area contributed by atoms with Crippen molar-refractivity contribution < 1.29 is 9.90 Å². The third kappa shape index (κ3) is 2.60. The molecule has 0 spiro atoms. The molecule has 5 heteroatoms. The van der Waals surface area contributed by atoms with Gasteiger partial charge in [0.15, 0.2) is 0 Å². The molecule has 1 atom stereocenters. The lowest BCUT2D eigenvalue weighted by atomic mass is 9.94. The summed E-state index contributed by atoms with van der Waals surface area (Å²) >= 11 is 5.02. The number of rotatable bonds is 2. The monoisotopic (exact) mass is 351 g/mol. The second-order valence-corrected chi connectivity index (χ2v) is 6.80. The van der Waals surface area contributed by atoms with Crippen LogP contribution in [-0.4, -0.2) is 11.0 Å². The number of amides is 1. The van der Waals surface area contributed by atoms with E-state index in [-0.39, 0.29) is 17.7 Å². The molecule has 1 aromatic heterocycles. The van der Waals surface area contributed by atoms with Crippen LogP contribution in [0.1, 0.15) is 39.7 Å². The summed E-state index contributed by atoms with van der Waals surface area (Å²) in [5.74, 6) is -0.225. The first-order valence-electron chi connectivity index (χ1n) is 6.51. The smallest absolute Gasteiger partial charge is 0.255 e. The summed E-state index contributed by atoms with van der Waals surface area (Å²) in [6, 6.07) is 7.06. The van der Waals surface area contributed by atoms with Gasteiger partial charge in [0.25, 0.3) is 5.91 Å². The molecule has 0 radical (unpaired) electrons. The van der Waals surface area contributed by atoms with Crippen LogP contribution in [0.2, 0.25) is 0 Å². The number of benzene rings is 1. The number of fused-ring (bicyclic) bond motifs is 1. The van der Waals surface area contributed by atoms with Crippen molar-refractivity contribution in [2.24, 2.45) is 0 Å². The van der Waals surface area contributed by atoms with Crippen LogP contribution in [0.3, 0.4) is 0 Å². The van der Waals surface area contributed by atoms with E-state index in [1.165, 1.54) is 16.5 Å². The Kier molecular flexibility index (Phi) is 3.81. The number of phenolic OH excluding ortho intramolecular Hbond substituents is 1. The second-order valence-electron chi connectivity index (χ2n) is 4.88. The predicted octanol–water partition coefficient (Wildman–Crippen LogP) is 4.02. The molecule has 2 N–H and O–H groups in total. The number of carbonyl (C=O) groups is 1. The molecular formula is C15H14BrNO2S. The van der Waals surface area contributed by atoms with E-state index in [0.29, 0.717) is 5.56 Å². The Labute approximate surface area is 129 Å². The fraction of sp³-hybridized carbons (Fsp3) is 0.267. The number of halogens is 1. The maximum Gasteiger partial charge on any atom is 0.255 e. The van der Waals surface area contributed by atoms with Crippen LogP contribution in [-0.2, 0) is 6.42 Å². The van der Waals surface area contributed by atoms with Gasteiger partial charge in [0.1, 0.15) is 5.75 Å². The zero-order chi connectivity index (χ0) is 14.1. The first-order valence-corrected chi connectivity index (χ1v) is 8.18. The lowest BCUT2D eigenvalue weighted by Gasteiger charge is -2.23. The summed E-state index contributed by atoms with van der Waals surface area (Å²) in [6.07, 6.45) is 3.14. The van der Waals surface area contributed by atoms with Gasteiger partial charge < -0.3 is 10.4 Å². The minimum absolute atomic E-state index is 0.00164. The Hall–Kier alpha value is -1.33. The van der Waals surface area contributed by atoms with Gasteiger partial charge in [-0.2, -0.15) is 0 Å². The molecule has 0 aliphatic heterocycles. The fourth-order valence-corrected chi connectivity index (χ4v) is 3.91. The van der Waals surface area contributed by atoms with Crippen molar-refractivity contribution in [2.75, 3.05) is 0 Å². The molecule has 0 saturated heterocycles. The average Bonchev–Trinajstić information content (AvgIpc) is 2.87. The summed E-state index contributed by atoms with van der Waals surface area (Å²) in [5, 5.41) is 15.0. The quantitative estimate of drug-likeness (QED) is 0.858. The van der Waals surface area contributed by atoms with Gasteiger partial charge in [-0.3, -0.25) is 4.79 Å². The normalized spacial score (nSPS) is 17.6. The molecular weight excluding hydrogens is 338 g/mol. The number of hydrogen-bond acceptors (Lipinski definition) is 3. The van der Waals surface area contributed by atoms with E-state index in [9.17, 15) is 9.90 Å². The van der Waals surface area contributed by atoms with Crippen molar-refractivity contribution in [1.29, 1.82) is 0 Å². The molecule has 1 amide bonds. The van der Waals surface area contributed by atoms with E-state index < -0.39 is 0 Å². The van der Waals surface area contributed by atoms with Crippen molar-refractivity contribution in [3.8, 4) is 5.75 Å². The van der Waals surface area contributed by atoms with Crippen molar-refractivity contribution in [1.82, 2.24) is 5.32 Å². The third-order valence-corrected chi connectivity index (χ3v) is 5.05. The molecule has 2 aromatic rings. The molecule has 1 aliphatic carbocycles. The van der Waals surface area contributed by atoms with Crippen LogP contribution in [0.15, 0.2) is 34.1 Å². The summed E-state index contributed by atoms with van der Waals surface area (Å²) in [6.45, 7) is 0. The first kappa shape index (κ1) is 13.6. The molecule has 104 valence electrons. The van der Waals surface area contributed by atoms with Crippen LogP contribution in [0, 0.1) is 0 Å². The Bertz CT molecular complexity index is 653. The molecule has 0 saturated carbocycles. The van der Waals surface area contributed by atoms with Crippen LogP contribution < -0.4 is 5.32 Å². The van der Waals surface area contributed by atoms with Crippen molar-refractivity contribution >= 4 is 33.2 Å². The Morgan fingerprint density at radius 1 is 1.40 bits per heavy atom. The Balaban J connectivity index is 1.81. The minimum atomic E-state index is -0.223.